The Bertz CT molecular complexity index is 342. The summed E-state index contributed by atoms with van der Waals surface area (Å²) < 4.78 is 0.0331. The molecule has 1 heterocycles. The maximum atomic E-state index is 5.48. The summed E-state index contributed by atoms with van der Waals surface area (Å²) in [6, 6.07) is 10.6. The topological polar surface area (TPSA) is 12.0 Å². The van der Waals surface area contributed by atoms with Crippen molar-refractivity contribution in [2.75, 3.05) is 12.8 Å². The molecular formula is C12H15NS2. The van der Waals surface area contributed by atoms with Crippen LogP contribution in [0.4, 0.5) is 0 Å². The van der Waals surface area contributed by atoms with E-state index in [0.717, 1.165) is 11.4 Å². The van der Waals surface area contributed by atoms with Crippen LogP contribution in [-0.2, 0) is 4.75 Å². The molecule has 1 aliphatic rings. The smallest absolute Gasteiger partial charge is 0.0959 e. The molecule has 1 aromatic carbocycles. The van der Waals surface area contributed by atoms with Crippen molar-refractivity contribution in [3.8, 4) is 0 Å². The Labute approximate surface area is 101 Å². The van der Waals surface area contributed by atoms with Crippen molar-refractivity contribution < 1.29 is 0 Å². The van der Waals surface area contributed by atoms with Gasteiger partial charge in [-0.3, -0.25) is 0 Å². The van der Waals surface area contributed by atoms with Crippen LogP contribution in [0.3, 0.4) is 0 Å². The molecule has 0 spiro atoms. The quantitative estimate of drug-likeness (QED) is 0.794. The molecule has 0 aromatic heterocycles. The van der Waals surface area contributed by atoms with Crippen LogP contribution in [0.1, 0.15) is 18.4 Å². The van der Waals surface area contributed by atoms with Crippen LogP contribution in [0.15, 0.2) is 30.3 Å². The number of thiocarbonyl (C=S) groups is 1. The first-order chi connectivity index (χ1) is 7.29. The number of likely N-dealkylation sites (N-methyl/N-ethyl adjacent to an activating group) is 1. The standard InChI is InChI=1S/C12H15NS2/c1-13-11(14)12(8-5-9-15-12)10-6-3-2-4-7-10/h2-4,6-7H,5,8-9H2,1H3,(H,13,14). The summed E-state index contributed by atoms with van der Waals surface area (Å²) in [4.78, 5) is 0.969. The van der Waals surface area contributed by atoms with Crippen LogP contribution in [0.2, 0.25) is 0 Å². The van der Waals surface area contributed by atoms with Crippen LogP contribution < -0.4 is 5.32 Å². The van der Waals surface area contributed by atoms with Crippen LogP contribution in [-0.4, -0.2) is 17.8 Å². The third-order valence-corrected chi connectivity index (χ3v) is 5.17. The van der Waals surface area contributed by atoms with E-state index in [4.69, 9.17) is 12.2 Å². The van der Waals surface area contributed by atoms with E-state index in [1.165, 1.54) is 17.7 Å². The van der Waals surface area contributed by atoms with E-state index in [9.17, 15) is 0 Å². The maximum absolute atomic E-state index is 5.48. The van der Waals surface area contributed by atoms with E-state index < -0.39 is 0 Å². The Kier molecular flexibility index (Phi) is 3.32. The first-order valence-electron chi connectivity index (χ1n) is 5.21. The monoisotopic (exact) mass is 237 g/mol. The molecule has 1 aromatic rings. The highest BCUT2D eigenvalue weighted by molar-refractivity contribution is 8.02. The van der Waals surface area contributed by atoms with Gasteiger partial charge in [-0.25, -0.2) is 0 Å². The summed E-state index contributed by atoms with van der Waals surface area (Å²) in [6.45, 7) is 0. The first-order valence-corrected chi connectivity index (χ1v) is 6.61. The summed E-state index contributed by atoms with van der Waals surface area (Å²) >= 11 is 7.45. The lowest BCUT2D eigenvalue weighted by atomic mass is 9.93. The molecular weight excluding hydrogens is 222 g/mol. The van der Waals surface area contributed by atoms with Gasteiger partial charge in [0.2, 0.25) is 0 Å². The van der Waals surface area contributed by atoms with E-state index in [-0.39, 0.29) is 4.75 Å². The predicted octanol–water partition coefficient (Wildman–Crippen LogP) is 2.96. The van der Waals surface area contributed by atoms with Gasteiger partial charge in [0.15, 0.2) is 0 Å². The lowest BCUT2D eigenvalue weighted by Gasteiger charge is -2.29. The van der Waals surface area contributed by atoms with Gasteiger partial charge < -0.3 is 5.32 Å². The molecule has 1 saturated heterocycles. The molecule has 0 radical (unpaired) electrons. The second kappa shape index (κ2) is 4.54. The van der Waals surface area contributed by atoms with E-state index in [1.807, 2.05) is 18.8 Å². The highest BCUT2D eigenvalue weighted by atomic mass is 32.2. The Balaban J connectivity index is 2.39. The summed E-state index contributed by atoms with van der Waals surface area (Å²) in [5.74, 6) is 1.21. The molecule has 0 bridgehead atoms. The zero-order chi connectivity index (χ0) is 10.7. The van der Waals surface area contributed by atoms with E-state index in [1.54, 1.807) is 0 Å². The van der Waals surface area contributed by atoms with Gasteiger partial charge in [0.1, 0.15) is 0 Å². The molecule has 1 atom stereocenters. The number of nitrogens with one attached hydrogen (secondary N) is 1. The lowest BCUT2D eigenvalue weighted by molar-refractivity contribution is 0.732. The van der Waals surface area contributed by atoms with Crippen LogP contribution >= 0.6 is 24.0 Å². The van der Waals surface area contributed by atoms with Gasteiger partial charge in [-0.1, -0.05) is 42.5 Å². The molecule has 0 aliphatic carbocycles. The first kappa shape index (κ1) is 11.0. The minimum absolute atomic E-state index is 0.0331. The van der Waals surface area contributed by atoms with Crippen LogP contribution in [0, 0.1) is 0 Å². The van der Waals surface area contributed by atoms with Gasteiger partial charge in [-0.2, -0.15) is 0 Å². The molecule has 15 heavy (non-hydrogen) atoms. The van der Waals surface area contributed by atoms with Gasteiger partial charge >= 0.3 is 0 Å². The normalized spacial score (nSPS) is 25.1. The number of hydrogen-bond donors (Lipinski definition) is 1. The summed E-state index contributed by atoms with van der Waals surface area (Å²) in [5, 5.41) is 3.16. The van der Waals surface area contributed by atoms with Crippen molar-refractivity contribution in [3.05, 3.63) is 35.9 Å². The molecule has 1 unspecified atom stereocenters. The number of rotatable bonds is 2. The molecule has 1 fully saturated rings. The fourth-order valence-electron chi connectivity index (χ4n) is 2.09. The molecule has 1 nitrogen and oxygen atoms in total. The third kappa shape index (κ3) is 1.91. The average Bonchev–Trinajstić information content (AvgIpc) is 2.79. The van der Waals surface area contributed by atoms with Gasteiger partial charge in [0.05, 0.1) is 9.74 Å². The van der Waals surface area contributed by atoms with Crippen molar-refractivity contribution >= 4 is 29.0 Å². The fourth-order valence-corrected chi connectivity index (χ4v) is 3.95. The zero-order valence-electron chi connectivity index (χ0n) is 8.82. The highest BCUT2D eigenvalue weighted by Gasteiger charge is 2.39. The molecule has 0 saturated carbocycles. The Hall–Kier alpha value is -0.540. The summed E-state index contributed by atoms with van der Waals surface area (Å²) in [6.07, 6.45) is 2.41. The molecule has 3 heteroatoms. The summed E-state index contributed by atoms with van der Waals surface area (Å²) in [7, 11) is 1.92. The number of thioether (sulfide) groups is 1. The third-order valence-electron chi connectivity index (χ3n) is 2.86. The Morgan fingerprint density at radius 1 is 1.40 bits per heavy atom. The van der Waals surface area contributed by atoms with Crippen LogP contribution in [0.5, 0.6) is 0 Å². The fraction of sp³-hybridized carbons (Fsp3) is 0.417. The lowest BCUT2D eigenvalue weighted by Crippen LogP contribution is -2.37. The molecule has 1 N–H and O–H groups in total. The van der Waals surface area contributed by atoms with Crippen molar-refractivity contribution in [1.82, 2.24) is 5.32 Å². The van der Waals surface area contributed by atoms with E-state index >= 15 is 0 Å². The number of benzene rings is 1. The van der Waals surface area contributed by atoms with Crippen LogP contribution in [0.25, 0.3) is 0 Å². The Morgan fingerprint density at radius 3 is 2.67 bits per heavy atom. The minimum Gasteiger partial charge on any atom is -0.381 e. The van der Waals surface area contributed by atoms with Crippen molar-refractivity contribution in [2.45, 2.75) is 17.6 Å². The SMILES string of the molecule is CNC(=S)C1(c2ccccc2)CCCS1. The van der Waals surface area contributed by atoms with Gasteiger partial charge in [0, 0.05) is 7.05 Å². The zero-order valence-corrected chi connectivity index (χ0v) is 10.5. The molecule has 1 aliphatic heterocycles. The van der Waals surface area contributed by atoms with Crippen molar-refractivity contribution in [2.24, 2.45) is 0 Å². The Morgan fingerprint density at radius 2 is 2.13 bits per heavy atom. The maximum Gasteiger partial charge on any atom is 0.0959 e. The van der Waals surface area contributed by atoms with E-state index in [2.05, 4.69) is 35.6 Å². The van der Waals surface area contributed by atoms with Gasteiger partial charge in [0.25, 0.3) is 0 Å². The van der Waals surface area contributed by atoms with Crippen molar-refractivity contribution in [1.29, 1.82) is 0 Å². The average molecular weight is 237 g/mol. The summed E-state index contributed by atoms with van der Waals surface area (Å²) in [5.41, 5.74) is 1.34. The molecule has 80 valence electrons. The largest absolute Gasteiger partial charge is 0.381 e. The highest BCUT2D eigenvalue weighted by Crippen LogP contribution is 2.47. The van der Waals surface area contributed by atoms with Gasteiger partial charge in [-0.15, -0.1) is 11.8 Å². The number of hydrogen-bond acceptors (Lipinski definition) is 2. The second-order valence-electron chi connectivity index (χ2n) is 3.72. The van der Waals surface area contributed by atoms with E-state index in [0.29, 0.717) is 0 Å². The van der Waals surface area contributed by atoms with Crippen molar-refractivity contribution in [3.63, 3.8) is 0 Å². The molecule has 0 amide bonds. The van der Waals surface area contributed by atoms with Gasteiger partial charge in [-0.05, 0) is 24.2 Å². The minimum atomic E-state index is 0.0331. The second-order valence-corrected chi connectivity index (χ2v) is 5.53. The predicted molar refractivity (Wildman–Crippen MR) is 71.5 cm³/mol. The molecule has 2 rings (SSSR count).